The van der Waals surface area contributed by atoms with Gasteiger partial charge in [0, 0.05) is 37.3 Å². The summed E-state index contributed by atoms with van der Waals surface area (Å²) < 4.78 is 0. The predicted octanol–water partition coefficient (Wildman–Crippen LogP) is 2.19. The van der Waals surface area contributed by atoms with E-state index in [-0.39, 0.29) is 31.1 Å². The number of hydrogen-bond acceptors (Lipinski definition) is 6. The Morgan fingerprint density at radius 1 is 0.733 bits per heavy atom. The SMILES string of the molecule is Cc1ccc(O)c(CN(CCN(CC(=O)O)CC(=O)O)Cc2cc(C)ccc2O)c1. The van der Waals surface area contributed by atoms with Gasteiger partial charge < -0.3 is 20.4 Å². The van der Waals surface area contributed by atoms with Crippen LogP contribution in [-0.4, -0.2) is 68.3 Å². The highest BCUT2D eigenvalue weighted by Gasteiger charge is 2.17. The molecule has 0 aliphatic rings. The molecule has 0 aliphatic heterocycles. The van der Waals surface area contributed by atoms with Crippen LogP contribution in [0.2, 0.25) is 0 Å². The van der Waals surface area contributed by atoms with Crippen molar-refractivity contribution in [2.45, 2.75) is 26.9 Å². The van der Waals surface area contributed by atoms with E-state index in [2.05, 4.69) is 0 Å². The number of aromatic hydroxyl groups is 2. The van der Waals surface area contributed by atoms with E-state index in [0.717, 1.165) is 11.1 Å². The maximum absolute atomic E-state index is 11.1. The number of aryl methyl sites for hydroxylation is 2. The van der Waals surface area contributed by atoms with Crippen molar-refractivity contribution >= 4 is 11.9 Å². The number of phenols is 2. The molecule has 2 aromatic rings. The molecule has 0 aromatic heterocycles. The van der Waals surface area contributed by atoms with Crippen LogP contribution in [0.15, 0.2) is 36.4 Å². The van der Waals surface area contributed by atoms with Gasteiger partial charge in [0.1, 0.15) is 11.5 Å². The predicted molar refractivity (Wildman–Crippen MR) is 112 cm³/mol. The Labute approximate surface area is 175 Å². The molecule has 0 saturated carbocycles. The van der Waals surface area contributed by atoms with Crippen molar-refractivity contribution in [2.75, 3.05) is 26.2 Å². The first kappa shape index (κ1) is 23.2. The Bertz CT molecular complexity index is 830. The van der Waals surface area contributed by atoms with Gasteiger partial charge in [-0.1, -0.05) is 35.4 Å². The van der Waals surface area contributed by atoms with Gasteiger partial charge in [-0.2, -0.15) is 0 Å². The lowest BCUT2D eigenvalue weighted by Gasteiger charge is -2.27. The molecule has 0 bridgehead atoms. The second-order valence-corrected chi connectivity index (χ2v) is 7.47. The third kappa shape index (κ3) is 7.38. The standard InChI is InChI=1S/C22H28N2O6/c1-15-3-5-19(25)17(9-15)11-23(12-18-10-16(2)4-6-20(18)26)7-8-24(13-21(27)28)14-22(29)30/h3-6,9-10,25-26H,7-8,11-14H2,1-2H3,(H,27,28)(H,29,30). The third-order valence-corrected chi connectivity index (χ3v) is 4.71. The first-order chi connectivity index (χ1) is 14.1. The van der Waals surface area contributed by atoms with Crippen molar-refractivity contribution in [1.29, 1.82) is 0 Å². The van der Waals surface area contributed by atoms with Crippen molar-refractivity contribution in [3.63, 3.8) is 0 Å². The van der Waals surface area contributed by atoms with Crippen molar-refractivity contribution < 1.29 is 30.0 Å². The van der Waals surface area contributed by atoms with Crippen LogP contribution < -0.4 is 0 Å². The van der Waals surface area contributed by atoms with Gasteiger partial charge in [0.15, 0.2) is 0 Å². The molecule has 4 N–H and O–H groups in total. The average molecular weight is 416 g/mol. The molecule has 0 radical (unpaired) electrons. The lowest BCUT2D eigenvalue weighted by molar-refractivity contribution is -0.141. The quantitative estimate of drug-likeness (QED) is 0.440. The van der Waals surface area contributed by atoms with Crippen molar-refractivity contribution in [2.24, 2.45) is 0 Å². The van der Waals surface area contributed by atoms with Gasteiger partial charge in [-0.15, -0.1) is 0 Å². The van der Waals surface area contributed by atoms with E-state index in [1.54, 1.807) is 24.3 Å². The molecule has 0 aliphatic carbocycles. The zero-order chi connectivity index (χ0) is 22.3. The summed E-state index contributed by atoms with van der Waals surface area (Å²) in [6.07, 6.45) is 0. The first-order valence-electron chi connectivity index (χ1n) is 9.59. The fraction of sp³-hybridized carbons (Fsp3) is 0.364. The summed E-state index contributed by atoms with van der Waals surface area (Å²) in [6, 6.07) is 10.6. The first-order valence-corrected chi connectivity index (χ1v) is 9.59. The molecular formula is C22H28N2O6. The molecule has 0 amide bonds. The summed E-state index contributed by atoms with van der Waals surface area (Å²) in [5.41, 5.74) is 3.37. The lowest BCUT2D eigenvalue weighted by Crippen LogP contribution is -2.40. The third-order valence-electron chi connectivity index (χ3n) is 4.71. The highest BCUT2D eigenvalue weighted by molar-refractivity contribution is 5.72. The molecule has 8 heteroatoms. The molecule has 0 unspecified atom stereocenters. The number of benzene rings is 2. The van der Waals surface area contributed by atoms with Gasteiger partial charge in [0.25, 0.3) is 0 Å². The molecule has 2 rings (SSSR count). The van der Waals surface area contributed by atoms with E-state index < -0.39 is 11.9 Å². The van der Waals surface area contributed by atoms with Gasteiger partial charge >= 0.3 is 11.9 Å². The topological polar surface area (TPSA) is 122 Å². The van der Waals surface area contributed by atoms with Crippen LogP contribution in [-0.2, 0) is 22.7 Å². The van der Waals surface area contributed by atoms with E-state index in [4.69, 9.17) is 10.2 Å². The number of aliphatic carboxylic acids is 2. The second-order valence-electron chi connectivity index (χ2n) is 7.47. The van der Waals surface area contributed by atoms with Crippen molar-refractivity contribution in [3.05, 3.63) is 58.7 Å². The highest BCUT2D eigenvalue weighted by atomic mass is 16.4. The lowest BCUT2D eigenvalue weighted by atomic mass is 10.1. The number of carbonyl (C=O) groups is 2. The van der Waals surface area contributed by atoms with E-state index in [1.165, 1.54) is 4.90 Å². The van der Waals surface area contributed by atoms with Gasteiger partial charge in [-0.05, 0) is 26.0 Å². The normalized spacial score (nSPS) is 11.2. The summed E-state index contributed by atoms with van der Waals surface area (Å²) in [5.74, 6) is -1.91. The fourth-order valence-electron chi connectivity index (χ4n) is 3.26. The smallest absolute Gasteiger partial charge is 0.317 e. The Balaban J connectivity index is 2.22. The Hall–Kier alpha value is -3.10. The highest BCUT2D eigenvalue weighted by Crippen LogP contribution is 2.24. The minimum Gasteiger partial charge on any atom is -0.508 e. The number of hydrogen-bond donors (Lipinski definition) is 4. The van der Waals surface area contributed by atoms with Gasteiger partial charge in [-0.3, -0.25) is 19.4 Å². The van der Waals surface area contributed by atoms with Crippen molar-refractivity contribution in [1.82, 2.24) is 9.80 Å². The minimum absolute atomic E-state index is 0.145. The zero-order valence-electron chi connectivity index (χ0n) is 17.2. The molecule has 2 aromatic carbocycles. The van der Waals surface area contributed by atoms with Crippen LogP contribution >= 0.6 is 0 Å². The summed E-state index contributed by atoms with van der Waals surface area (Å²) in [7, 11) is 0. The Morgan fingerprint density at radius 2 is 1.13 bits per heavy atom. The van der Waals surface area contributed by atoms with E-state index in [0.29, 0.717) is 30.8 Å². The van der Waals surface area contributed by atoms with E-state index in [9.17, 15) is 19.8 Å². The molecule has 0 heterocycles. The average Bonchev–Trinajstić information content (AvgIpc) is 2.64. The van der Waals surface area contributed by atoms with Crippen LogP contribution in [0, 0.1) is 13.8 Å². The van der Waals surface area contributed by atoms with Crippen LogP contribution in [0.25, 0.3) is 0 Å². The number of nitrogens with zero attached hydrogens (tertiary/aromatic N) is 2. The van der Waals surface area contributed by atoms with Crippen LogP contribution in [0.3, 0.4) is 0 Å². The summed E-state index contributed by atoms with van der Waals surface area (Å²) in [6.45, 7) is 4.34. The largest absolute Gasteiger partial charge is 0.508 e. The molecule has 30 heavy (non-hydrogen) atoms. The number of carboxylic acid groups (broad SMARTS) is 2. The molecular weight excluding hydrogens is 388 g/mol. The molecule has 0 atom stereocenters. The minimum atomic E-state index is -1.10. The summed E-state index contributed by atoms with van der Waals surface area (Å²) in [5, 5.41) is 38.5. The maximum Gasteiger partial charge on any atom is 0.317 e. The summed E-state index contributed by atoms with van der Waals surface area (Å²) >= 11 is 0. The number of rotatable bonds is 11. The Kier molecular flexibility index (Phi) is 8.20. The van der Waals surface area contributed by atoms with Gasteiger partial charge in [0.2, 0.25) is 0 Å². The number of carboxylic acids is 2. The monoisotopic (exact) mass is 416 g/mol. The summed E-state index contributed by atoms with van der Waals surface area (Å²) in [4.78, 5) is 25.4. The molecule has 0 fully saturated rings. The van der Waals surface area contributed by atoms with E-state index >= 15 is 0 Å². The molecule has 0 spiro atoms. The molecule has 8 nitrogen and oxygen atoms in total. The molecule has 162 valence electrons. The van der Waals surface area contributed by atoms with E-state index in [1.807, 2.05) is 30.9 Å². The zero-order valence-corrected chi connectivity index (χ0v) is 17.2. The van der Waals surface area contributed by atoms with Crippen LogP contribution in [0.1, 0.15) is 22.3 Å². The van der Waals surface area contributed by atoms with Gasteiger partial charge in [-0.25, -0.2) is 0 Å². The van der Waals surface area contributed by atoms with Crippen LogP contribution in [0.4, 0.5) is 0 Å². The van der Waals surface area contributed by atoms with Gasteiger partial charge in [0.05, 0.1) is 13.1 Å². The van der Waals surface area contributed by atoms with Crippen LogP contribution in [0.5, 0.6) is 11.5 Å². The molecule has 0 saturated heterocycles. The number of phenolic OH excluding ortho intramolecular Hbond substituents is 2. The van der Waals surface area contributed by atoms with Crippen molar-refractivity contribution in [3.8, 4) is 11.5 Å². The fourth-order valence-corrected chi connectivity index (χ4v) is 3.26. The maximum atomic E-state index is 11.1. The second kappa shape index (κ2) is 10.6. The Morgan fingerprint density at radius 3 is 1.53 bits per heavy atom.